The SMILES string of the molecule is CCCNC(COc1cccc(Cl)c1)CC(C)CCC. The van der Waals surface area contributed by atoms with Crippen LogP contribution in [0.25, 0.3) is 0 Å². The van der Waals surface area contributed by atoms with Crippen LogP contribution in [0.5, 0.6) is 5.75 Å². The zero-order chi connectivity index (χ0) is 14.8. The number of hydrogen-bond donors (Lipinski definition) is 1. The fraction of sp³-hybridized carbons (Fsp3) is 0.647. The Hall–Kier alpha value is -0.730. The highest BCUT2D eigenvalue weighted by Gasteiger charge is 2.13. The normalized spacial score (nSPS) is 14.0. The van der Waals surface area contributed by atoms with E-state index >= 15 is 0 Å². The predicted octanol–water partition coefficient (Wildman–Crippen LogP) is 4.91. The number of hydrogen-bond acceptors (Lipinski definition) is 2. The third-order valence-electron chi connectivity index (χ3n) is 3.40. The van der Waals surface area contributed by atoms with Crippen molar-refractivity contribution >= 4 is 11.6 Å². The van der Waals surface area contributed by atoms with Gasteiger partial charge in [-0.15, -0.1) is 0 Å². The molecule has 0 aliphatic carbocycles. The average molecular weight is 298 g/mol. The summed E-state index contributed by atoms with van der Waals surface area (Å²) in [6, 6.07) is 8.03. The van der Waals surface area contributed by atoms with Crippen molar-refractivity contribution in [3.8, 4) is 5.75 Å². The zero-order valence-electron chi connectivity index (χ0n) is 13.0. The second-order valence-corrected chi connectivity index (χ2v) is 5.99. The monoisotopic (exact) mass is 297 g/mol. The molecule has 0 amide bonds. The molecule has 0 spiro atoms. The van der Waals surface area contributed by atoms with Crippen LogP contribution in [-0.2, 0) is 0 Å². The molecule has 1 aromatic carbocycles. The molecule has 2 unspecified atom stereocenters. The van der Waals surface area contributed by atoms with Crippen LogP contribution in [0.15, 0.2) is 24.3 Å². The number of nitrogens with one attached hydrogen (secondary N) is 1. The maximum absolute atomic E-state index is 5.97. The van der Waals surface area contributed by atoms with E-state index in [2.05, 4.69) is 26.1 Å². The standard InChI is InChI=1S/C17H28ClNO/c1-4-7-14(3)11-16(19-10-5-2)13-20-17-9-6-8-15(18)12-17/h6,8-9,12,14,16,19H,4-5,7,10-11,13H2,1-3H3. The summed E-state index contributed by atoms with van der Waals surface area (Å²) >= 11 is 5.97. The van der Waals surface area contributed by atoms with Crippen LogP contribution < -0.4 is 10.1 Å². The van der Waals surface area contributed by atoms with E-state index in [9.17, 15) is 0 Å². The third-order valence-corrected chi connectivity index (χ3v) is 3.63. The van der Waals surface area contributed by atoms with Crippen LogP contribution in [0.3, 0.4) is 0 Å². The molecule has 20 heavy (non-hydrogen) atoms. The molecule has 2 nitrogen and oxygen atoms in total. The first-order valence-corrected chi connectivity index (χ1v) is 8.15. The van der Waals surface area contributed by atoms with E-state index in [1.54, 1.807) is 0 Å². The first-order valence-electron chi connectivity index (χ1n) is 7.77. The summed E-state index contributed by atoms with van der Waals surface area (Å²) in [4.78, 5) is 0. The lowest BCUT2D eigenvalue weighted by atomic mass is 9.97. The van der Waals surface area contributed by atoms with Crippen molar-refractivity contribution in [3.63, 3.8) is 0 Å². The van der Waals surface area contributed by atoms with E-state index < -0.39 is 0 Å². The summed E-state index contributed by atoms with van der Waals surface area (Å²) in [7, 11) is 0. The highest BCUT2D eigenvalue weighted by Crippen LogP contribution is 2.18. The van der Waals surface area contributed by atoms with Crippen molar-refractivity contribution in [3.05, 3.63) is 29.3 Å². The van der Waals surface area contributed by atoms with Crippen molar-refractivity contribution in [2.45, 2.75) is 52.5 Å². The molecule has 1 rings (SSSR count). The summed E-state index contributed by atoms with van der Waals surface area (Å²) in [6.07, 6.45) is 4.84. The second-order valence-electron chi connectivity index (χ2n) is 5.55. The molecule has 2 atom stereocenters. The Morgan fingerprint density at radius 2 is 2.05 bits per heavy atom. The van der Waals surface area contributed by atoms with Crippen LogP contribution in [-0.4, -0.2) is 19.2 Å². The van der Waals surface area contributed by atoms with Gasteiger partial charge in [0.2, 0.25) is 0 Å². The van der Waals surface area contributed by atoms with Gasteiger partial charge in [-0.05, 0) is 43.5 Å². The lowest BCUT2D eigenvalue weighted by molar-refractivity contribution is 0.238. The highest BCUT2D eigenvalue weighted by molar-refractivity contribution is 6.30. The van der Waals surface area contributed by atoms with E-state index in [1.807, 2.05) is 24.3 Å². The van der Waals surface area contributed by atoms with Gasteiger partial charge in [0.1, 0.15) is 12.4 Å². The average Bonchev–Trinajstić information content (AvgIpc) is 2.42. The van der Waals surface area contributed by atoms with Gasteiger partial charge in [0.15, 0.2) is 0 Å². The first-order chi connectivity index (χ1) is 9.65. The van der Waals surface area contributed by atoms with Crippen LogP contribution in [0, 0.1) is 5.92 Å². The molecule has 0 aliphatic rings. The van der Waals surface area contributed by atoms with Crippen LogP contribution >= 0.6 is 11.6 Å². The summed E-state index contributed by atoms with van der Waals surface area (Å²) in [5.74, 6) is 1.58. The molecule has 114 valence electrons. The molecule has 0 bridgehead atoms. The van der Waals surface area contributed by atoms with E-state index in [0.717, 1.165) is 36.1 Å². The van der Waals surface area contributed by atoms with Crippen molar-refractivity contribution in [2.24, 2.45) is 5.92 Å². The molecule has 0 fully saturated rings. The lowest BCUT2D eigenvalue weighted by Crippen LogP contribution is -2.36. The van der Waals surface area contributed by atoms with Gasteiger partial charge in [-0.1, -0.05) is 51.3 Å². The van der Waals surface area contributed by atoms with E-state index in [0.29, 0.717) is 12.6 Å². The molecule has 0 heterocycles. The predicted molar refractivity (Wildman–Crippen MR) is 87.7 cm³/mol. The molecule has 1 N–H and O–H groups in total. The lowest BCUT2D eigenvalue weighted by Gasteiger charge is -2.22. The highest BCUT2D eigenvalue weighted by atomic mass is 35.5. The van der Waals surface area contributed by atoms with Gasteiger partial charge >= 0.3 is 0 Å². The van der Waals surface area contributed by atoms with Gasteiger partial charge in [0, 0.05) is 11.1 Å². The molecule has 0 aromatic heterocycles. The van der Waals surface area contributed by atoms with Crippen LogP contribution in [0.1, 0.15) is 46.5 Å². The number of halogens is 1. The molecule has 0 radical (unpaired) electrons. The number of benzene rings is 1. The smallest absolute Gasteiger partial charge is 0.120 e. The molecule has 3 heteroatoms. The van der Waals surface area contributed by atoms with Gasteiger partial charge in [0.05, 0.1) is 0 Å². The van der Waals surface area contributed by atoms with Crippen molar-refractivity contribution in [1.82, 2.24) is 5.32 Å². The minimum Gasteiger partial charge on any atom is -0.492 e. The van der Waals surface area contributed by atoms with Crippen molar-refractivity contribution in [1.29, 1.82) is 0 Å². The molecule has 0 saturated carbocycles. The van der Waals surface area contributed by atoms with Gasteiger partial charge in [-0.25, -0.2) is 0 Å². The first kappa shape index (κ1) is 17.3. The van der Waals surface area contributed by atoms with Crippen molar-refractivity contribution < 1.29 is 4.74 Å². The molecular formula is C17H28ClNO. The number of rotatable bonds is 10. The zero-order valence-corrected chi connectivity index (χ0v) is 13.7. The van der Waals surface area contributed by atoms with Gasteiger partial charge < -0.3 is 10.1 Å². The molecule has 0 aliphatic heterocycles. The minimum absolute atomic E-state index is 0.412. The van der Waals surface area contributed by atoms with Gasteiger partial charge in [-0.3, -0.25) is 0 Å². The third kappa shape index (κ3) is 7.16. The Morgan fingerprint density at radius 3 is 2.70 bits per heavy atom. The van der Waals surface area contributed by atoms with E-state index in [1.165, 1.54) is 12.8 Å². The number of ether oxygens (including phenoxy) is 1. The van der Waals surface area contributed by atoms with Gasteiger partial charge in [-0.2, -0.15) is 0 Å². The molecular weight excluding hydrogens is 270 g/mol. The Morgan fingerprint density at radius 1 is 1.25 bits per heavy atom. The summed E-state index contributed by atoms with van der Waals surface area (Å²) in [5.41, 5.74) is 0. The Balaban J connectivity index is 2.46. The molecule has 0 saturated heterocycles. The fourth-order valence-corrected chi connectivity index (χ4v) is 2.59. The van der Waals surface area contributed by atoms with Crippen molar-refractivity contribution in [2.75, 3.05) is 13.2 Å². The van der Waals surface area contributed by atoms with Crippen LogP contribution in [0.4, 0.5) is 0 Å². The maximum Gasteiger partial charge on any atom is 0.120 e. The maximum atomic E-state index is 5.97. The Bertz CT molecular complexity index is 370. The van der Waals surface area contributed by atoms with E-state index in [4.69, 9.17) is 16.3 Å². The summed E-state index contributed by atoms with van der Waals surface area (Å²) < 4.78 is 5.88. The Kier molecular flexibility index (Phi) is 8.72. The second kappa shape index (κ2) is 10.1. The molecule has 1 aromatic rings. The topological polar surface area (TPSA) is 21.3 Å². The van der Waals surface area contributed by atoms with Gasteiger partial charge in [0.25, 0.3) is 0 Å². The fourth-order valence-electron chi connectivity index (χ4n) is 2.41. The van der Waals surface area contributed by atoms with Crippen LogP contribution in [0.2, 0.25) is 5.02 Å². The summed E-state index contributed by atoms with van der Waals surface area (Å²) in [6.45, 7) is 8.51. The quantitative estimate of drug-likeness (QED) is 0.662. The largest absolute Gasteiger partial charge is 0.492 e. The Labute approximate surface area is 128 Å². The van der Waals surface area contributed by atoms with E-state index in [-0.39, 0.29) is 0 Å². The minimum atomic E-state index is 0.412. The summed E-state index contributed by atoms with van der Waals surface area (Å²) in [5, 5.41) is 4.31.